The first-order chi connectivity index (χ1) is 14.0. The van der Waals surface area contributed by atoms with E-state index in [0.717, 1.165) is 29.3 Å². The van der Waals surface area contributed by atoms with Crippen molar-refractivity contribution in [2.75, 3.05) is 25.5 Å². The molecule has 3 aromatic rings. The van der Waals surface area contributed by atoms with E-state index in [9.17, 15) is 0 Å². The Bertz CT molecular complexity index is 933. The lowest BCUT2D eigenvalue weighted by molar-refractivity contribution is 0.572. The van der Waals surface area contributed by atoms with Gasteiger partial charge in [0.05, 0.1) is 18.8 Å². The van der Waals surface area contributed by atoms with Crippen molar-refractivity contribution in [3.05, 3.63) is 71.6 Å². The van der Waals surface area contributed by atoms with Crippen molar-refractivity contribution >= 4 is 35.6 Å². The van der Waals surface area contributed by atoms with Gasteiger partial charge in [0.25, 0.3) is 0 Å². The lowest BCUT2D eigenvalue weighted by atomic mass is 10.1. The lowest BCUT2D eigenvalue weighted by Gasteiger charge is -2.13. The highest BCUT2D eigenvalue weighted by atomic mass is 127. The molecule has 0 saturated carbocycles. The SMILES string of the molecule is CCNC(=NCc1ccc(N(C)C)cc1)NCc1coc(-c2ccc(C)cc2)n1.I. The maximum absolute atomic E-state index is 5.63. The van der Waals surface area contributed by atoms with Crippen molar-refractivity contribution in [2.24, 2.45) is 4.99 Å². The molecule has 0 aliphatic heterocycles. The molecule has 30 heavy (non-hydrogen) atoms. The zero-order valence-corrected chi connectivity index (χ0v) is 20.3. The number of aromatic nitrogens is 1. The minimum Gasteiger partial charge on any atom is -0.444 e. The Morgan fingerprint density at radius 1 is 1.03 bits per heavy atom. The number of benzene rings is 2. The van der Waals surface area contributed by atoms with Gasteiger partial charge in [-0.25, -0.2) is 9.98 Å². The molecule has 0 unspecified atom stereocenters. The molecule has 0 amide bonds. The first-order valence-electron chi connectivity index (χ1n) is 9.85. The Morgan fingerprint density at radius 3 is 2.37 bits per heavy atom. The molecule has 0 atom stereocenters. The van der Waals surface area contributed by atoms with Crippen LogP contribution in [0.4, 0.5) is 5.69 Å². The van der Waals surface area contributed by atoms with E-state index in [2.05, 4.69) is 75.8 Å². The van der Waals surface area contributed by atoms with Crippen LogP contribution in [0, 0.1) is 6.92 Å². The van der Waals surface area contributed by atoms with Crippen molar-refractivity contribution in [3.8, 4) is 11.5 Å². The summed E-state index contributed by atoms with van der Waals surface area (Å²) in [6.07, 6.45) is 1.69. The molecule has 2 N–H and O–H groups in total. The fourth-order valence-corrected chi connectivity index (χ4v) is 2.80. The van der Waals surface area contributed by atoms with Crippen LogP contribution in [0.3, 0.4) is 0 Å². The number of anilines is 1. The highest BCUT2D eigenvalue weighted by Gasteiger charge is 2.07. The number of rotatable bonds is 7. The second-order valence-electron chi connectivity index (χ2n) is 7.12. The van der Waals surface area contributed by atoms with Crippen molar-refractivity contribution in [3.63, 3.8) is 0 Å². The summed E-state index contributed by atoms with van der Waals surface area (Å²) in [4.78, 5) is 11.3. The topological polar surface area (TPSA) is 65.7 Å². The van der Waals surface area contributed by atoms with Crippen LogP contribution in [0.15, 0.2) is 64.2 Å². The Hall–Kier alpha value is -2.55. The zero-order chi connectivity index (χ0) is 20.6. The van der Waals surface area contributed by atoms with E-state index < -0.39 is 0 Å². The quantitative estimate of drug-likeness (QED) is 0.272. The normalized spacial score (nSPS) is 11.0. The molecule has 0 spiro atoms. The molecule has 2 aromatic carbocycles. The summed E-state index contributed by atoms with van der Waals surface area (Å²) in [5, 5.41) is 6.59. The Balaban J connectivity index is 0.00000320. The standard InChI is InChI=1S/C23H29N5O.HI/c1-5-24-23(25-14-18-8-12-21(13-9-18)28(3)4)26-15-20-16-29-22(27-20)19-10-6-17(2)7-11-19;/h6-13,16H,5,14-15H2,1-4H3,(H2,24,25,26);1H. The Morgan fingerprint density at radius 2 is 1.73 bits per heavy atom. The number of oxazole rings is 1. The summed E-state index contributed by atoms with van der Waals surface area (Å²) in [5.41, 5.74) is 5.37. The number of aryl methyl sites for hydroxylation is 1. The van der Waals surface area contributed by atoms with Gasteiger partial charge < -0.3 is 20.0 Å². The highest BCUT2D eigenvalue weighted by molar-refractivity contribution is 14.0. The number of nitrogens with zero attached hydrogens (tertiary/aromatic N) is 3. The molecule has 7 heteroatoms. The number of aliphatic imine (C=N–C) groups is 1. The molecule has 3 rings (SSSR count). The molecule has 160 valence electrons. The Labute approximate surface area is 195 Å². The number of nitrogens with one attached hydrogen (secondary N) is 2. The third-order valence-corrected chi connectivity index (χ3v) is 4.50. The van der Waals surface area contributed by atoms with E-state index in [4.69, 9.17) is 4.42 Å². The first kappa shape index (κ1) is 23.7. The molecule has 1 heterocycles. The molecular weight excluding hydrogens is 489 g/mol. The van der Waals surface area contributed by atoms with Crippen molar-refractivity contribution < 1.29 is 4.42 Å². The van der Waals surface area contributed by atoms with E-state index in [1.54, 1.807) is 6.26 Å². The van der Waals surface area contributed by atoms with Gasteiger partial charge in [-0.1, -0.05) is 29.8 Å². The van der Waals surface area contributed by atoms with Gasteiger partial charge in [0, 0.05) is 31.9 Å². The number of halogens is 1. The summed E-state index contributed by atoms with van der Waals surface area (Å²) < 4.78 is 5.63. The monoisotopic (exact) mass is 519 g/mol. The van der Waals surface area contributed by atoms with E-state index in [1.807, 2.05) is 26.2 Å². The fourth-order valence-electron chi connectivity index (χ4n) is 2.80. The summed E-state index contributed by atoms with van der Waals surface area (Å²) >= 11 is 0. The van der Waals surface area contributed by atoms with Crippen LogP contribution < -0.4 is 15.5 Å². The van der Waals surface area contributed by atoms with Gasteiger partial charge in [0.15, 0.2) is 5.96 Å². The lowest BCUT2D eigenvalue weighted by Crippen LogP contribution is -2.36. The Kier molecular flexibility index (Phi) is 9.16. The molecule has 0 radical (unpaired) electrons. The van der Waals surface area contributed by atoms with E-state index in [1.165, 1.54) is 11.3 Å². The maximum atomic E-state index is 5.63. The van der Waals surface area contributed by atoms with Crippen molar-refractivity contribution in [1.29, 1.82) is 0 Å². The summed E-state index contributed by atoms with van der Waals surface area (Å²) in [5.74, 6) is 1.38. The van der Waals surface area contributed by atoms with Crippen LogP contribution in [-0.2, 0) is 13.1 Å². The minimum atomic E-state index is 0. The molecule has 6 nitrogen and oxygen atoms in total. The largest absolute Gasteiger partial charge is 0.444 e. The van der Waals surface area contributed by atoms with Gasteiger partial charge in [-0.05, 0) is 43.7 Å². The third-order valence-electron chi connectivity index (χ3n) is 4.50. The first-order valence-corrected chi connectivity index (χ1v) is 9.85. The molecule has 1 aromatic heterocycles. The predicted molar refractivity (Wildman–Crippen MR) is 135 cm³/mol. The van der Waals surface area contributed by atoms with Gasteiger partial charge in [0.1, 0.15) is 6.26 Å². The highest BCUT2D eigenvalue weighted by Crippen LogP contribution is 2.19. The van der Waals surface area contributed by atoms with Crippen LogP contribution in [0.2, 0.25) is 0 Å². The summed E-state index contributed by atoms with van der Waals surface area (Å²) in [7, 11) is 4.07. The number of hydrogen-bond donors (Lipinski definition) is 2. The minimum absolute atomic E-state index is 0. The fraction of sp³-hybridized carbons (Fsp3) is 0.304. The molecule has 0 aliphatic carbocycles. The van der Waals surface area contributed by atoms with E-state index in [-0.39, 0.29) is 24.0 Å². The molecule has 0 bridgehead atoms. The maximum Gasteiger partial charge on any atom is 0.226 e. The van der Waals surface area contributed by atoms with Crippen LogP contribution >= 0.6 is 24.0 Å². The molecule has 0 aliphatic rings. The smallest absolute Gasteiger partial charge is 0.226 e. The predicted octanol–water partition coefficient (Wildman–Crippen LogP) is 4.59. The van der Waals surface area contributed by atoms with Gasteiger partial charge in [-0.15, -0.1) is 24.0 Å². The van der Waals surface area contributed by atoms with Crippen LogP contribution in [0.5, 0.6) is 0 Å². The van der Waals surface area contributed by atoms with Crippen LogP contribution in [0.1, 0.15) is 23.7 Å². The zero-order valence-electron chi connectivity index (χ0n) is 18.0. The summed E-state index contributed by atoms with van der Waals surface area (Å²) in [6, 6.07) is 16.6. The third kappa shape index (κ3) is 6.76. The second-order valence-corrected chi connectivity index (χ2v) is 7.12. The average molecular weight is 519 g/mol. The van der Waals surface area contributed by atoms with Crippen molar-refractivity contribution in [1.82, 2.24) is 15.6 Å². The molecular formula is C23H30IN5O. The average Bonchev–Trinajstić information content (AvgIpc) is 3.20. The van der Waals surface area contributed by atoms with Crippen LogP contribution in [-0.4, -0.2) is 31.6 Å². The van der Waals surface area contributed by atoms with Gasteiger partial charge in [-0.2, -0.15) is 0 Å². The van der Waals surface area contributed by atoms with Crippen molar-refractivity contribution in [2.45, 2.75) is 26.9 Å². The molecule has 0 saturated heterocycles. The number of hydrogen-bond acceptors (Lipinski definition) is 4. The second kappa shape index (κ2) is 11.6. The molecule has 0 fully saturated rings. The van der Waals surface area contributed by atoms with E-state index >= 15 is 0 Å². The summed E-state index contributed by atoms with van der Waals surface area (Å²) in [6.45, 7) is 6.05. The number of guanidine groups is 1. The van der Waals surface area contributed by atoms with Gasteiger partial charge >= 0.3 is 0 Å². The van der Waals surface area contributed by atoms with E-state index in [0.29, 0.717) is 19.0 Å². The van der Waals surface area contributed by atoms with Crippen LogP contribution in [0.25, 0.3) is 11.5 Å². The van der Waals surface area contributed by atoms with Gasteiger partial charge in [0.2, 0.25) is 5.89 Å². The van der Waals surface area contributed by atoms with Gasteiger partial charge in [-0.3, -0.25) is 0 Å².